The van der Waals surface area contributed by atoms with E-state index >= 15 is 0 Å². The highest BCUT2D eigenvalue weighted by atomic mass is 16.5. The molecule has 1 aliphatic heterocycles. The Morgan fingerprint density at radius 3 is 2.89 bits per heavy atom. The average Bonchev–Trinajstić information content (AvgIpc) is 3.10. The Kier molecular flexibility index (Phi) is 4.85. The zero-order valence-corrected chi connectivity index (χ0v) is 15.8. The first-order valence-electron chi connectivity index (χ1n) is 9.15. The number of aromatic nitrogens is 2. The number of hydrogen-bond acceptors (Lipinski definition) is 4. The fourth-order valence-corrected chi connectivity index (χ4v) is 3.27. The van der Waals surface area contributed by atoms with Crippen LogP contribution in [-0.4, -0.2) is 16.1 Å². The number of amides is 1. The second-order valence-corrected chi connectivity index (χ2v) is 6.70. The minimum absolute atomic E-state index is 0.119. The van der Waals surface area contributed by atoms with Crippen molar-refractivity contribution in [1.29, 1.82) is 0 Å². The third kappa shape index (κ3) is 3.62. The monoisotopic (exact) mass is 375 g/mol. The second kappa shape index (κ2) is 7.60. The molecule has 1 amide bonds. The predicted molar refractivity (Wildman–Crippen MR) is 108 cm³/mol. The Morgan fingerprint density at radius 2 is 2.11 bits per heavy atom. The van der Waals surface area contributed by atoms with E-state index < -0.39 is 0 Å². The summed E-state index contributed by atoms with van der Waals surface area (Å²) in [7, 11) is 0. The summed E-state index contributed by atoms with van der Waals surface area (Å²) in [4.78, 5) is 11.4. The number of aryl methyl sites for hydroxylation is 1. The maximum absolute atomic E-state index is 11.4. The van der Waals surface area contributed by atoms with Crippen LogP contribution in [0.25, 0.3) is 17.0 Å². The lowest BCUT2D eigenvalue weighted by molar-refractivity contribution is -0.114. The van der Waals surface area contributed by atoms with Gasteiger partial charge in [0.1, 0.15) is 18.2 Å². The molecule has 0 saturated carbocycles. The predicted octanol–water partition coefficient (Wildman–Crippen LogP) is 4.81. The van der Waals surface area contributed by atoms with E-state index in [2.05, 4.69) is 21.6 Å². The van der Waals surface area contributed by atoms with E-state index in [4.69, 9.17) is 9.47 Å². The molecular formula is C22H21N3O3. The van der Waals surface area contributed by atoms with Crippen molar-refractivity contribution in [2.24, 2.45) is 0 Å². The molecule has 2 aliphatic rings. The van der Waals surface area contributed by atoms with Gasteiger partial charge in [-0.3, -0.25) is 9.89 Å². The largest absolute Gasteiger partial charge is 0.465 e. The molecule has 6 heteroatoms. The lowest BCUT2D eigenvalue weighted by atomic mass is 10.0. The molecule has 6 nitrogen and oxygen atoms in total. The number of anilines is 1. The summed E-state index contributed by atoms with van der Waals surface area (Å²) < 4.78 is 11.8. The van der Waals surface area contributed by atoms with Crippen LogP contribution in [0.5, 0.6) is 0 Å². The minimum atomic E-state index is -0.119. The molecule has 28 heavy (non-hydrogen) atoms. The van der Waals surface area contributed by atoms with Crippen LogP contribution in [0.1, 0.15) is 31.0 Å². The molecule has 0 bridgehead atoms. The van der Waals surface area contributed by atoms with E-state index in [0.29, 0.717) is 17.2 Å². The van der Waals surface area contributed by atoms with Crippen molar-refractivity contribution in [3.63, 3.8) is 0 Å². The van der Waals surface area contributed by atoms with Gasteiger partial charge in [-0.2, -0.15) is 5.10 Å². The van der Waals surface area contributed by atoms with Gasteiger partial charge in [-0.1, -0.05) is 30.4 Å². The summed E-state index contributed by atoms with van der Waals surface area (Å²) in [5, 5.41) is 10.3. The third-order valence-corrected chi connectivity index (χ3v) is 4.55. The molecule has 2 N–H and O–H groups in total. The number of carbonyl (C=O) groups excluding carboxylic acids is 1. The van der Waals surface area contributed by atoms with E-state index in [1.54, 1.807) is 12.5 Å². The molecule has 0 saturated heterocycles. The molecule has 142 valence electrons. The van der Waals surface area contributed by atoms with E-state index in [9.17, 15) is 4.79 Å². The number of carbonyl (C=O) groups is 1. The number of aromatic amines is 1. The van der Waals surface area contributed by atoms with Crippen LogP contribution in [0.3, 0.4) is 0 Å². The van der Waals surface area contributed by atoms with Gasteiger partial charge in [0.05, 0.1) is 5.56 Å². The van der Waals surface area contributed by atoms with Crippen LogP contribution in [-0.2, 0) is 14.3 Å². The number of allylic oxidation sites excluding steroid dienone is 4. The van der Waals surface area contributed by atoms with E-state index in [1.807, 2.05) is 43.3 Å². The van der Waals surface area contributed by atoms with Gasteiger partial charge in [0, 0.05) is 23.9 Å². The first-order valence-corrected chi connectivity index (χ1v) is 9.15. The molecule has 1 aromatic carbocycles. The number of benzene rings is 1. The molecule has 1 aromatic heterocycles. The zero-order chi connectivity index (χ0) is 19.5. The van der Waals surface area contributed by atoms with E-state index in [-0.39, 0.29) is 5.91 Å². The van der Waals surface area contributed by atoms with Crippen molar-refractivity contribution < 1.29 is 14.3 Å². The fourth-order valence-electron chi connectivity index (χ4n) is 3.27. The van der Waals surface area contributed by atoms with Gasteiger partial charge in [0.15, 0.2) is 11.5 Å². The Morgan fingerprint density at radius 1 is 1.25 bits per heavy atom. The zero-order valence-electron chi connectivity index (χ0n) is 15.8. The molecule has 2 heterocycles. The van der Waals surface area contributed by atoms with E-state index in [0.717, 1.165) is 40.9 Å². The van der Waals surface area contributed by atoms with Crippen molar-refractivity contribution in [2.45, 2.75) is 26.7 Å². The van der Waals surface area contributed by atoms with Crippen LogP contribution in [0.2, 0.25) is 0 Å². The number of ether oxygens (including phenoxy) is 2. The average molecular weight is 375 g/mol. The Hall–Kier alpha value is -3.54. The summed E-state index contributed by atoms with van der Waals surface area (Å²) in [5.41, 5.74) is 5.12. The van der Waals surface area contributed by atoms with Gasteiger partial charge in [-0.25, -0.2) is 0 Å². The molecule has 0 unspecified atom stereocenters. The summed E-state index contributed by atoms with van der Waals surface area (Å²) in [6.07, 6.45) is 11.3. The van der Waals surface area contributed by atoms with Crippen molar-refractivity contribution in [2.75, 3.05) is 5.32 Å². The van der Waals surface area contributed by atoms with Crippen LogP contribution < -0.4 is 5.32 Å². The summed E-state index contributed by atoms with van der Waals surface area (Å²) in [6.45, 7) is 3.42. The van der Waals surface area contributed by atoms with Crippen molar-refractivity contribution >= 4 is 17.4 Å². The summed E-state index contributed by atoms with van der Waals surface area (Å²) >= 11 is 0. The Balaban J connectivity index is 1.66. The van der Waals surface area contributed by atoms with Gasteiger partial charge < -0.3 is 14.8 Å². The molecule has 1 aliphatic carbocycles. The number of hydrogen-bond donors (Lipinski definition) is 2. The van der Waals surface area contributed by atoms with Crippen LogP contribution >= 0.6 is 0 Å². The van der Waals surface area contributed by atoms with Gasteiger partial charge in [-0.05, 0) is 37.5 Å². The Labute approximate surface area is 163 Å². The number of nitrogens with one attached hydrogen (secondary N) is 2. The first-order chi connectivity index (χ1) is 13.6. The minimum Gasteiger partial charge on any atom is -0.465 e. The van der Waals surface area contributed by atoms with Gasteiger partial charge >= 0.3 is 0 Å². The third-order valence-electron chi connectivity index (χ3n) is 4.55. The number of rotatable bonds is 4. The molecule has 0 atom stereocenters. The highest BCUT2D eigenvalue weighted by Gasteiger charge is 2.23. The smallest absolute Gasteiger partial charge is 0.221 e. The first kappa shape index (κ1) is 17.9. The molecule has 4 rings (SSSR count). The standard InChI is InChI=1S/C22H21N3O3/c1-14-21(20-13-27-12-19(28-20)16-7-4-3-5-8-16)22(25-24-14)17-9-6-10-18(11-17)23-15(2)26/h3-4,6-7,9-13H,5,8H2,1-2H3,(H,23,26)(H,24,25). The molecule has 0 radical (unpaired) electrons. The van der Waals surface area contributed by atoms with Crippen LogP contribution in [0.15, 0.2) is 66.3 Å². The molecule has 2 aromatic rings. The lowest BCUT2D eigenvalue weighted by Crippen LogP contribution is -2.06. The lowest BCUT2D eigenvalue weighted by Gasteiger charge is -2.20. The van der Waals surface area contributed by atoms with Gasteiger partial charge in [0.25, 0.3) is 0 Å². The maximum atomic E-state index is 11.4. The molecule has 0 spiro atoms. The quantitative estimate of drug-likeness (QED) is 0.804. The van der Waals surface area contributed by atoms with E-state index in [1.165, 1.54) is 6.92 Å². The summed E-state index contributed by atoms with van der Waals surface area (Å²) in [6, 6.07) is 7.55. The second-order valence-electron chi connectivity index (χ2n) is 6.70. The topological polar surface area (TPSA) is 76.2 Å². The maximum Gasteiger partial charge on any atom is 0.221 e. The van der Waals surface area contributed by atoms with Crippen molar-refractivity contribution in [3.8, 4) is 11.3 Å². The SMILES string of the molecule is CC(=O)Nc1cccc(-c2n[nH]c(C)c2C2=COC=C(C3=CC=CCC3)O2)c1. The van der Waals surface area contributed by atoms with Crippen LogP contribution in [0, 0.1) is 6.92 Å². The number of nitrogens with zero attached hydrogens (tertiary/aromatic N) is 1. The highest BCUT2D eigenvalue weighted by molar-refractivity contribution is 5.90. The van der Waals surface area contributed by atoms with Crippen molar-refractivity contribution in [3.05, 3.63) is 77.6 Å². The molecule has 0 fully saturated rings. The van der Waals surface area contributed by atoms with Gasteiger partial charge in [-0.15, -0.1) is 0 Å². The normalized spacial score (nSPS) is 15.7. The molecular weight excluding hydrogens is 354 g/mol. The Bertz CT molecular complexity index is 1040. The highest BCUT2D eigenvalue weighted by Crippen LogP contribution is 2.36. The summed E-state index contributed by atoms with van der Waals surface area (Å²) in [5.74, 6) is 1.19. The number of H-pyrrole nitrogens is 1. The van der Waals surface area contributed by atoms with Crippen LogP contribution in [0.4, 0.5) is 5.69 Å². The van der Waals surface area contributed by atoms with Crippen molar-refractivity contribution in [1.82, 2.24) is 10.2 Å². The fraction of sp³-hybridized carbons (Fsp3) is 0.182. The van der Waals surface area contributed by atoms with Gasteiger partial charge in [0.2, 0.25) is 5.91 Å².